The molecule has 0 atom stereocenters. The SMILES string of the molecule is O=C(O)C1=CCN(c2ccccc2N2CCCCC2)C=C1. The predicted octanol–water partition coefficient (Wildman–Crippen LogP) is 3.02. The lowest BCUT2D eigenvalue weighted by atomic mass is 10.1. The minimum Gasteiger partial charge on any atom is -0.478 e. The summed E-state index contributed by atoms with van der Waals surface area (Å²) in [4.78, 5) is 15.5. The van der Waals surface area contributed by atoms with Gasteiger partial charge in [-0.1, -0.05) is 18.2 Å². The lowest BCUT2D eigenvalue weighted by Crippen LogP contribution is -2.31. The van der Waals surface area contributed by atoms with Crippen LogP contribution in [-0.2, 0) is 4.79 Å². The Hall–Kier alpha value is -2.23. The zero-order valence-corrected chi connectivity index (χ0v) is 12.0. The topological polar surface area (TPSA) is 43.8 Å². The second-order valence-corrected chi connectivity index (χ2v) is 5.47. The third-order valence-electron chi connectivity index (χ3n) is 4.08. The molecule has 21 heavy (non-hydrogen) atoms. The molecule has 1 N–H and O–H groups in total. The first-order chi connectivity index (χ1) is 10.3. The monoisotopic (exact) mass is 284 g/mol. The Labute approximate surface area is 125 Å². The van der Waals surface area contributed by atoms with Crippen LogP contribution in [0.1, 0.15) is 19.3 Å². The van der Waals surface area contributed by atoms with Gasteiger partial charge in [0.05, 0.1) is 16.9 Å². The number of rotatable bonds is 3. The lowest BCUT2D eigenvalue weighted by Gasteiger charge is -2.33. The van der Waals surface area contributed by atoms with Crippen molar-refractivity contribution in [3.63, 3.8) is 0 Å². The Morgan fingerprint density at radius 2 is 1.76 bits per heavy atom. The van der Waals surface area contributed by atoms with Crippen LogP contribution in [0.15, 0.2) is 48.2 Å². The third-order valence-corrected chi connectivity index (χ3v) is 4.08. The van der Waals surface area contributed by atoms with Gasteiger partial charge in [0.15, 0.2) is 0 Å². The minimum absolute atomic E-state index is 0.363. The Morgan fingerprint density at radius 1 is 1.05 bits per heavy atom. The molecule has 0 aromatic heterocycles. The summed E-state index contributed by atoms with van der Waals surface area (Å²) in [5, 5.41) is 9.01. The molecule has 1 aromatic carbocycles. The molecule has 110 valence electrons. The van der Waals surface area contributed by atoms with Crippen molar-refractivity contribution in [1.82, 2.24) is 0 Å². The second kappa shape index (κ2) is 6.04. The number of carbonyl (C=O) groups is 1. The van der Waals surface area contributed by atoms with E-state index in [0.717, 1.165) is 18.8 Å². The van der Waals surface area contributed by atoms with Crippen LogP contribution in [-0.4, -0.2) is 30.7 Å². The molecule has 1 saturated heterocycles. The summed E-state index contributed by atoms with van der Waals surface area (Å²) in [5.74, 6) is -0.866. The lowest BCUT2D eigenvalue weighted by molar-refractivity contribution is -0.132. The van der Waals surface area contributed by atoms with Crippen molar-refractivity contribution in [3.8, 4) is 0 Å². The van der Waals surface area contributed by atoms with Crippen LogP contribution in [0.2, 0.25) is 0 Å². The second-order valence-electron chi connectivity index (χ2n) is 5.47. The van der Waals surface area contributed by atoms with Gasteiger partial charge in [-0.3, -0.25) is 0 Å². The van der Waals surface area contributed by atoms with Crippen LogP contribution in [0.5, 0.6) is 0 Å². The number of piperidine rings is 1. The molecule has 0 radical (unpaired) electrons. The van der Waals surface area contributed by atoms with E-state index in [2.05, 4.69) is 28.0 Å². The van der Waals surface area contributed by atoms with Crippen LogP contribution in [0.3, 0.4) is 0 Å². The molecule has 4 heteroatoms. The van der Waals surface area contributed by atoms with Crippen LogP contribution in [0.4, 0.5) is 11.4 Å². The van der Waals surface area contributed by atoms with E-state index in [1.807, 2.05) is 12.3 Å². The van der Waals surface area contributed by atoms with Crippen molar-refractivity contribution < 1.29 is 9.90 Å². The molecule has 0 unspecified atom stereocenters. The van der Waals surface area contributed by atoms with Crippen LogP contribution in [0, 0.1) is 0 Å². The molecule has 4 nitrogen and oxygen atoms in total. The van der Waals surface area contributed by atoms with Crippen LogP contribution in [0.25, 0.3) is 0 Å². The van der Waals surface area contributed by atoms with Crippen molar-refractivity contribution in [3.05, 3.63) is 48.2 Å². The molecule has 0 spiro atoms. The molecule has 3 rings (SSSR count). The average molecular weight is 284 g/mol. The Balaban J connectivity index is 1.83. The summed E-state index contributed by atoms with van der Waals surface area (Å²) in [6.45, 7) is 2.80. The number of carboxylic acid groups (broad SMARTS) is 1. The van der Waals surface area contributed by atoms with Gasteiger partial charge in [-0.15, -0.1) is 0 Å². The highest BCUT2D eigenvalue weighted by atomic mass is 16.4. The largest absolute Gasteiger partial charge is 0.478 e. The summed E-state index contributed by atoms with van der Waals surface area (Å²) < 4.78 is 0. The maximum atomic E-state index is 11.0. The van der Waals surface area contributed by atoms with Crippen molar-refractivity contribution in [2.75, 3.05) is 29.4 Å². The van der Waals surface area contributed by atoms with E-state index >= 15 is 0 Å². The van der Waals surface area contributed by atoms with E-state index in [1.54, 1.807) is 12.2 Å². The van der Waals surface area contributed by atoms with E-state index in [1.165, 1.54) is 24.9 Å². The van der Waals surface area contributed by atoms with Gasteiger partial charge in [-0.05, 0) is 37.5 Å². The summed E-state index contributed by atoms with van der Waals surface area (Å²) in [6, 6.07) is 8.37. The molecular formula is C17H20N2O2. The highest BCUT2D eigenvalue weighted by molar-refractivity contribution is 5.90. The Bertz CT molecular complexity index is 586. The van der Waals surface area contributed by atoms with E-state index in [4.69, 9.17) is 5.11 Å². The van der Waals surface area contributed by atoms with Gasteiger partial charge < -0.3 is 14.9 Å². The fourth-order valence-corrected chi connectivity index (χ4v) is 2.94. The number of para-hydroxylation sites is 2. The predicted molar refractivity (Wildman–Crippen MR) is 84.7 cm³/mol. The van der Waals surface area contributed by atoms with Crippen molar-refractivity contribution >= 4 is 17.3 Å². The standard InChI is InChI=1S/C17H20N2O2/c20-17(21)14-8-12-19(13-9-14)16-7-3-2-6-15(16)18-10-4-1-5-11-18/h2-3,6-9,12H,1,4-5,10-11,13H2,(H,20,21). The fourth-order valence-electron chi connectivity index (χ4n) is 2.94. The summed E-state index contributed by atoms with van der Waals surface area (Å²) in [6.07, 6.45) is 9.09. The van der Waals surface area contributed by atoms with Crippen molar-refractivity contribution in [2.24, 2.45) is 0 Å². The zero-order chi connectivity index (χ0) is 14.7. The number of anilines is 2. The van der Waals surface area contributed by atoms with Gasteiger partial charge in [0.25, 0.3) is 0 Å². The number of benzene rings is 1. The van der Waals surface area contributed by atoms with E-state index in [-0.39, 0.29) is 0 Å². The smallest absolute Gasteiger partial charge is 0.335 e. The first-order valence-corrected chi connectivity index (χ1v) is 7.48. The molecular weight excluding hydrogens is 264 g/mol. The Kier molecular flexibility index (Phi) is 3.95. The number of hydrogen-bond donors (Lipinski definition) is 1. The van der Waals surface area contributed by atoms with E-state index < -0.39 is 5.97 Å². The molecule has 0 saturated carbocycles. The molecule has 0 bridgehead atoms. The fraction of sp³-hybridized carbons (Fsp3) is 0.353. The normalized spacial score (nSPS) is 18.6. The highest BCUT2D eigenvalue weighted by Gasteiger charge is 2.18. The van der Waals surface area contributed by atoms with Gasteiger partial charge in [-0.2, -0.15) is 0 Å². The molecule has 0 amide bonds. The van der Waals surface area contributed by atoms with Gasteiger partial charge in [-0.25, -0.2) is 4.79 Å². The number of aliphatic carboxylic acids is 1. The maximum absolute atomic E-state index is 11.0. The van der Waals surface area contributed by atoms with Gasteiger partial charge in [0.1, 0.15) is 0 Å². The first kappa shape index (κ1) is 13.7. The number of hydrogen-bond acceptors (Lipinski definition) is 3. The van der Waals surface area contributed by atoms with Crippen molar-refractivity contribution in [2.45, 2.75) is 19.3 Å². The van der Waals surface area contributed by atoms with Crippen LogP contribution >= 0.6 is 0 Å². The molecule has 2 aliphatic rings. The molecule has 1 fully saturated rings. The number of carboxylic acids is 1. The molecule has 2 aliphatic heterocycles. The van der Waals surface area contributed by atoms with Gasteiger partial charge in [0.2, 0.25) is 0 Å². The average Bonchev–Trinajstić information content (AvgIpc) is 2.56. The van der Waals surface area contributed by atoms with E-state index in [9.17, 15) is 4.79 Å². The molecule has 0 aliphatic carbocycles. The van der Waals surface area contributed by atoms with E-state index in [0.29, 0.717) is 12.1 Å². The summed E-state index contributed by atoms with van der Waals surface area (Å²) in [7, 11) is 0. The zero-order valence-electron chi connectivity index (χ0n) is 12.0. The Morgan fingerprint density at radius 3 is 2.38 bits per heavy atom. The van der Waals surface area contributed by atoms with Gasteiger partial charge >= 0.3 is 5.97 Å². The number of nitrogens with zero attached hydrogens (tertiary/aromatic N) is 2. The highest BCUT2D eigenvalue weighted by Crippen LogP contribution is 2.32. The quantitative estimate of drug-likeness (QED) is 0.926. The minimum atomic E-state index is -0.866. The third kappa shape index (κ3) is 2.94. The first-order valence-electron chi connectivity index (χ1n) is 7.48. The van der Waals surface area contributed by atoms with Crippen LogP contribution < -0.4 is 9.80 Å². The summed E-state index contributed by atoms with van der Waals surface area (Å²) >= 11 is 0. The molecule has 2 heterocycles. The summed E-state index contributed by atoms with van der Waals surface area (Å²) in [5.41, 5.74) is 2.76. The maximum Gasteiger partial charge on any atom is 0.335 e. The van der Waals surface area contributed by atoms with Gasteiger partial charge in [0, 0.05) is 25.8 Å². The molecule has 1 aromatic rings. The van der Waals surface area contributed by atoms with Crippen molar-refractivity contribution in [1.29, 1.82) is 0 Å².